The zero-order valence-electron chi connectivity index (χ0n) is 11.6. The van der Waals surface area contributed by atoms with Crippen molar-refractivity contribution in [2.45, 2.75) is 58.8 Å². The van der Waals surface area contributed by atoms with E-state index in [9.17, 15) is 0 Å². The van der Waals surface area contributed by atoms with Crippen molar-refractivity contribution in [3.05, 3.63) is 0 Å². The van der Waals surface area contributed by atoms with Crippen molar-refractivity contribution in [1.82, 2.24) is 0 Å². The van der Waals surface area contributed by atoms with Gasteiger partial charge in [0.1, 0.15) is 0 Å². The van der Waals surface area contributed by atoms with Gasteiger partial charge in [0.15, 0.2) is 0 Å². The van der Waals surface area contributed by atoms with Gasteiger partial charge in [-0.3, -0.25) is 0 Å². The molecule has 0 aliphatic carbocycles. The van der Waals surface area contributed by atoms with Gasteiger partial charge in [-0.1, -0.05) is 0 Å². The number of rotatable bonds is 9. The molecule has 0 aliphatic heterocycles. The molecule has 0 saturated heterocycles. The molecular weight excluding hydrogens is 306 g/mol. The van der Waals surface area contributed by atoms with Gasteiger partial charge in [-0.25, -0.2) is 0 Å². The van der Waals surface area contributed by atoms with E-state index in [1.54, 1.807) is 22.9 Å². The first-order chi connectivity index (χ1) is 6.99. The second-order valence-corrected chi connectivity index (χ2v) is 24.6. The molecule has 0 radical (unpaired) electrons. The molecule has 0 heterocycles. The minimum absolute atomic E-state index is 0.416. The topological polar surface area (TPSA) is 0 Å². The molecule has 0 spiro atoms. The molecule has 92 valence electrons. The second kappa shape index (κ2) is 9.28. The Hall–Kier alpha value is 1.23. The Labute approximate surface area is 103 Å². The van der Waals surface area contributed by atoms with Crippen LogP contribution in [0, 0.1) is 0 Å². The minimum atomic E-state index is -1.46. The van der Waals surface area contributed by atoms with E-state index in [-0.39, 0.29) is 0 Å². The first kappa shape index (κ1) is 16.2. The summed E-state index contributed by atoms with van der Waals surface area (Å²) in [6.07, 6.45) is 10.5. The van der Waals surface area contributed by atoms with Crippen molar-refractivity contribution < 1.29 is 0 Å². The zero-order valence-corrected chi connectivity index (χ0v) is 15.4. The third-order valence-corrected chi connectivity index (χ3v) is 11.8. The van der Waals surface area contributed by atoms with Crippen molar-refractivity contribution in [1.29, 1.82) is 0 Å². The van der Waals surface area contributed by atoms with E-state index < -0.39 is 18.4 Å². The predicted octanol–water partition coefficient (Wildman–Crippen LogP) is 5.41. The van der Waals surface area contributed by atoms with Crippen molar-refractivity contribution in [3.63, 3.8) is 0 Å². The van der Waals surface area contributed by atoms with Crippen molar-refractivity contribution >= 4 is 26.3 Å². The maximum atomic E-state index is 2.59. The molecule has 0 atom stereocenters. The number of hydrogen-bond acceptors (Lipinski definition) is 0. The van der Waals surface area contributed by atoms with Crippen molar-refractivity contribution in [3.8, 4) is 0 Å². The SMILES string of the molecule is CCCCP(CCCC)C[CH2][Sn]([CH3])([CH3])[CH3]. The van der Waals surface area contributed by atoms with Gasteiger partial charge in [0.05, 0.1) is 0 Å². The molecular formula is C13H31PSn. The summed E-state index contributed by atoms with van der Waals surface area (Å²) in [5.41, 5.74) is 0. The van der Waals surface area contributed by atoms with Crippen LogP contribution in [0.25, 0.3) is 0 Å². The Morgan fingerprint density at radius 2 is 1.27 bits per heavy atom. The van der Waals surface area contributed by atoms with E-state index in [1.165, 1.54) is 25.7 Å². The van der Waals surface area contributed by atoms with Crippen LogP contribution in [0.3, 0.4) is 0 Å². The molecule has 0 bridgehead atoms. The molecule has 0 N–H and O–H groups in total. The third kappa shape index (κ3) is 11.5. The van der Waals surface area contributed by atoms with E-state index in [0.29, 0.717) is 7.92 Å². The Bertz CT molecular complexity index is 132. The van der Waals surface area contributed by atoms with Crippen LogP contribution in [0.1, 0.15) is 39.5 Å². The van der Waals surface area contributed by atoms with E-state index in [2.05, 4.69) is 28.7 Å². The molecule has 0 aliphatic rings. The summed E-state index contributed by atoms with van der Waals surface area (Å²) in [5, 5.41) is 0. The van der Waals surface area contributed by atoms with Crippen LogP contribution in [0.2, 0.25) is 19.3 Å². The molecule has 0 nitrogen and oxygen atoms in total. The molecule has 0 fully saturated rings. The number of hydrogen-bond donors (Lipinski definition) is 0. The summed E-state index contributed by atoms with van der Waals surface area (Å²) < 4.78 is 1.63. The first-order valence-electron chi connectivity index (χ1n) is 6.72. The molecule has 0 saturated carbocycles. The second-order valence-electron chi connectivity index (χ2n) is 5.86. The summed E-state index contributed by atoms with van der Waals surface area (Å²) in [6, 6.07) is 0. The maximum absolute atomic E-state index is 2.59. The predicted molar refractivity (Wildman–Crippen MR) is 79.5 cm³/mol. The quantitative estimate of drug-likeness (QED) is 0.390. The van der Waals surface area contributed by atoms with E-state index in [4.69, 9.17) is 0 Å². The fraction of sp³-hybridized carbons (Fsp3) is 1.00. The average molecular weight is 337 g/mol. The van der Waals surface area contributed by atoms with Crippen LogP contribution in [-0.4, -0.2) is 36.9 Å². The summed E-state index contributed by atoms with van der Waals surface area (Å²) in [7, 11) is 0.416. The van der Waals surface area contributed by atoms with Gasteiger partial charge >= 0.3 is 104 Å². The van der Waals surface area contributed by atoms with Crippen LogP contribution >= 0.6 is 7.92 Å². The Kier molecular flexibility index (Phi) is 10.0. The Morgan fingerprint density at radius 3 is 1.60 bits per heavy atom. The van der Waals surface area contributed by atoms with Gasteiger partial charge in [-0.2, -0.15) is 0 Å². The van der Waals surface area contributed by atoms with Gasteiger partial charge in [0, 0.05) is 0 Å². The van der Waals surface area contributed by atoms with Crippen molar-refractivity contribution in [2.24, 2.45) is 0 Å². The molecule has 0 amide bonds. The van der Waals surface area contributed by atoms with Crippen LogP contribution in [0.5, 0.6) is 0 Å². The standard InChI is InChI=1S/C10H22P.3CH3.Sn/c1-4-7-9-11(6-3)10-8-5-2;;;;/h3-10H2,1-2H3;3*1H3;. The Balaban J connectivity index is 3.78. The zero-order chi connectivity index (χ0) is 11.7. The van der Waals surface area contributed by atoms with Gasteiger partial charge < -0.3 is 0 Å². The van der Waals surface area contributed by atoms with Crippen LogP contribution in [0.15, 0.2) is 0 Å². The fourth-order valence-corrected chi connectivity index (χ4v) is 13.2. The Morgan fingerprint density at radius 1 is 0.800 bits per heavy atom. The molecule has 0 aromatic rings. The molecule has 0 rings (SSSR count). The summed E-state index contributed by atoms with van der Waals surface area (Å²) >= 11 is -1.46. The van der Waals surface area contributed by atoms with E-state index in [0.717, 1.165) is 0 Å². The summed E-state index contributed by atoms with van der Waals surface area (Å²) in [5.74, 6) is 0. The van der Waals surface area contributed by atoms with Gasteiger partial charge in [-0.05, 0) is 0 Å². The summed E-state index contributed by atoms with van der Waals surface area (Å²) in [4.78, 5) is 7.76. The molecule has 0 aromatic carbocycles. The molecule has 2 heteroatoms. The first-order valence-corrected chi connectivity index (χ1v) is 19.2. The van der Waals surface area contributed by atoms with Crippen molar-refractivity contribution in [2.75, 3.05) is 18.5 Å². The van der Waals surface area contributed by atoms with Crippen LogP contribution in [-0.2, 0) is 0 Å². The summed E-state index contributed by atoms with van der Waals surface area (Å²) in [6.45, 7) is 4.66. The normalized spacial score (nSPS) is 12.4. The van der Waals surface area contributed by atoms with Gasteiger partial charge in [-0.15, -0.1) is 0 Å². The van der Waals surface area contributed by atoms with Gasteiger partial charge in [0.2, 0.25) is 0 Å². The molecule has 0 aromatic heterocycles. The fourth-order valence-electron chi connectivity index (χ4n) is 1.59. The van der Waals surface area contributed by atoms with E-state index in [1.807, 2.05) is 0 Å². The molecule has 15 heavy (non-hydrogen) atoms. The number of unbranched alkanes of at least 4 members (excludes halogenated alkanes) is 2. The molecule has 0 unspecified atom stereocenters. The average Bonchev–Trinajstić information content (AvgIpc) is 2.15. The monoisotopic (exact) mass is 338 g/mol. The van der Waals surface area contributed by atoms with Crippen LogP contribution in [0.4, 0.5) is 0 Å². The van der Waals surface area contributed by atoms with E-state index >= 15 is 0 Å². The van der Waals surface area contributed by atoms with Crippen LogP contribution < -0.4 is 0 Å². The van der Waals surface area contributed by atoms with Gasteiger partial charge in [0.25, 0.3) is 0 Å². The third-order valence-electron chi connectivity index (χ3n) is 2.83.